The summed E-state index contributed by atoms with van der Waals surface area (Å²) in [4.78, 5) is 19.0. The van der Waals surface area contributed by atoms with Crippen molar-refractivity contribution < 1.29 is 9.53 Å². The van der Waals surface area contributed by atoms with Gasteiger partial charge in [0.15, 0.2) is 5.96 Å². The van der Waals surface area contributed by atoms with Gasteiger partial charge in [0.1, 0.15) is 0 Å². The van der Waals surface area contributed by atoms with Crippen LogP contribution in [0.3, 0.4) is 0 Å². The van der Waals surface area contributed by atoms with E-state index in [1.54, 1.807) is 4.90 Å². The molecule has 0 aromatic rings. The Hall–Kier alpha value is -0.570. The first kappa shape index (κ1) is 23.4. The van der Waals surface area contributed by atoms with E-state index in [0.717, 1.165) is 64.4 Å². The van der Waals surface area contributed by atoms with Gasteiger partial charge in [-0.3, -0.25) is 9.79 Å². The van der Waals surface area contributed by atoms with Gasteiger partial charge in [-0.15, -0.1) is 24.0 Å². The van der Waals surface area contributed by atoms with Crippen LogP contribution in [0, 0.1) is 5.41 Å². The molecule has 0 aromatic heterocycles. The smallest absolute Gasteiger partial charge is 0.230 e. The van der Waals surface area contributed by atoms with Crippen LogP contribution in [0.25, 0.3) is 0 Å². The predicted octanol–water partition coefficient (Wildman–Crippen LogP) is 2.23. The first-order valence-corrected chi connectivity index (χ1v) is 8.87. The van der Waals surface area contributed by atoms with Gasteiger partial charge in [0, 0.05) is 40.4 Å². The van der Waals surface area contributed by atoms with E-state index >= 15 is 0 Å². The average Bonchev–Trinajstić information content (AvgIpc) is 3.01. The molecule has 1 aliphatic carbocycles. The van der Waals surface area contributed by atoms with E-state index in [9.17, 15) is 4.79 Å². The molecule has 0 bridgehead atoms. The molecule has 1 saturated carbocycles. The molecule has 0 atom stereocenters. The highest BCUT2D eigenvalue weighted by Crippen LogP contribution is 2.39. The highest BCUT2D eigenvalue weighted by Gasteiger charge is 2.41. The van der Waals surface area contributed by atoms with Gasteiger partial charge in [0.25, 0.3) is 0 Å². The number of nitrogens with zero attached hydrogens (tertiary/aromatic N) is 2. The summed E-state index contributed by atoms with van der Waals surface area (Å²) in [7, 11) is 3.67. The third-order valence-corrected chi connectivity index (χ3v) is 4.27. The predicted molar refractivity (Wildman–Crippen MR) is 110 cm³/mol. The summed E-state index contributed by atoms with van der Waals surface area (Å²) >= 11 is 0. The molecule has 0 aliphatic heterocycles. The molecule has 142 valence electrons. The number of guanidine groups is 1. The Kier molecular flexibility index (Phi) is 12.4. The summed E-state index contributed by atoms with van der Waals surface area (Å²) in [5, 5.41) is 6.58. The Bertz CT molecular complexity index is 383. The molecule has 1 fully saturated rings. The normalized spacial score (nSPS) is 16.4. The zero-order chi connectivity index (χ0) is 17.1. The standard InChI is InChI=1S/C17H34N4O2.HI/c1-5-18-16(19-12-9-13-23-6-2)20-14-17(10-7-8-11-17)15(22)21(3)4;/h5-14H2,1-4H3,(H2,18,19,20);1H. The number of ether oxygens (including phenoxy) is 1. The van der Waals surface area contributed by atoms with Crippen molar-refractivity contribution in [3.8, 4) is 0 Å². The molecule has 7 heteroatoms. The summed E-state index contributed by atoms with van der Waals surface area (Å²) in [5.41, 5.74) is -0.308. The van der Waals surface area contributed by atoms with Gasteiger partial charge in [0.2, 0.25) is 5.91 Å². The zero-order valence-corrected chi connectivity index (χ0v) is 18.0. The number of carbonyl (C=O) groups is 1. The van der Waals surface area contributed by atoms with E-state index in [4.69, 9.17) is 9.73 Å². The quantitative estimate of drug-likeness (QED) is 0.243. The van der Waals surface area contributed by atoms with Crippen molar-refractivity contribution in [3.05, 3.63) is 0 Å². The Balaban J connectivity index is 0.00000529. The number of halogens is 1. The Morgan fingerprint density at radius 2 is 1.88 bits per heavy atom. The molecular formula is C17H35IN4O2. The molecule has 0 saturated heterocycles. The molecule has 2 N–H and O–H groups in total. The van der Waals surface area contributed by atoms with Crippen molar-refractivity contribution >= 4 is 35.8 Å². The number of carbonyl (C=O) groups excluding carboxylic acids is 1. The molecular weight excluding hydrogens is 419 g/mol. The second-order valence-corrected chi connectivity index (χ2v) is 6.36. The highest BCUT2D eigenvalue weighted by molar-refractivity contribution is 14.0. The number of amides is 1. The Morgan fingerprint density at radius 3 is 2.42 bits per heavy atom. The monoisotopic (exact) mass is 454 g/mol. The maximum Gasteiger partial charge on any atom is 0.230 e. The fraction of sp³-hybridized carbons (Fsp3) is 0.882. The third-order valence-electron chi connectivity index (χ3n) is 4.27. The van der Waals surface area contributed by atoms with E-state index in [1.807, 2.05) is 27.9 Å². The van der Waals surface area contributed by atoms with Gasteiger partial charge in [-0.05, 0) is 33.1 Å². The maximum absolute atomic E-state index is 12.6. The fourth-order valence-electron chi connectivity index (χ4n) is 3.06. The van der Waals surface area contributed by atoms with Crippen molar-refractivity contribution in [3.63, 3.8) is 0 Å². The Labute approximate surface area is 164 Å². The molecule has 1 rings (SSSR count). The number of rotatable bonds is 9. The maximum atomic E-state index is 12.6. The lowest BCUT2D eigenvalue weighted by molar-refractivity contribution is -0.138. The van der Waals surface area contributed by atoms with Crippen LogP contribution in [0.2, 0.25) is 0 Å². The highest BCUT2D eigenvalue weighted by atomic mass is 127. The number of aliphatic imine (C=N–C) groups is 1. The topological polar surface area (TPSA) is 66.0 Å². The fourth-order valence-corrected chi connectivity index (χ4v) is 3.06. The molecule has 0 radical (unpaired) electrons. The van der Waals surface area contributed by atoms with Crippen LogP contribution in [0.5, 0.6) is 0 Å². The lowest BCUT2D eigenvalue weighted by Crippen LogP contribution is -2.43. The molecule has 0 aromatic carbocycles. The minimum absolute atomic E-state index is 0. The molecule has 0 unspecified atom stereocenters. The van der Waals surface area contributed by atoms with E-state index in [2.05, 4.69) is 10.6 Å². The summed E-state index contributed by atoms with van der Waals surface area (Å²) < 4.78 is 5.34. The van der Waals surface area contributed by atoms with Crippen LogP contribution in [0.1, 0.15) is 46.0 Å². The largest absolute Gasteiger partial charge is 0.382 e. The molecule has 24 heavy (non-hydrogen) atoms. The van der Waals surface area contributed by atoms with E-state index in [-0.39, 0.29) is 35.3 Å². The molecule has 0 spiro atoms. The lowest BCUT2D eigenvalue weighted by atomic mass is 9.85. The summed E-state index contributed by atoms with van der Waals surface area (Å²) in [6, 6.07) is 0. The number of hydrogen-bond acceptors (Lipinski definition) is 3. The Morgan fingerprint density at radius 1 is 1.21 bits per heavy atom. The average molecular weight is 454 g/mol. The zero-order valence-electron chi connectivity index (χ0n) is 15.7. The van der Waals surface area contributed by atoms with Crippen LogP contribution in [0.4, 0.5) is 0 Å². The van der Waals surface area contributed by atoms with E-state index in [0.29, 0.717) is 6.54 Å². The van der Waals surface area contributed by atoms with Gasteiger partial charge in [0.05, 0.1) is 12.0 Å². The second-order valence-electron chi connectivity index (χ2n) is 6.36. The summed E-state index contributed by atoms with van der Waals surface area (Å²) in [5.74, 6) is 1.01. The minimum atomic E-state index is -0.308. The first-order chi connectivity index (χ1) is 11.1. The van der Waals surface area contributed by atoms with Gasteiger partial charge in [-0.2, -0.15) is 0 Å². The van der Waals surface area contributed by atoms with E-state index in [1.165, 1.54) is 0 Å². The van der Waals surface area contributed by atoms with Crippen molar-refractivity contribution in [1.82, 2.24) is 15.5 Å². The van der Waals surface area contributed by atoms with Gasteiger partial charge in [-0.1, -0.05) is 12.8 Å². The molecule has 0 heterocycles. The van der Waals surface area contributed by atoms with E-state index < -0.39 is 0 Å². The molecule has 1 amide bonds. The van der Waals surface area contributed by atoms with Crippen LogP contribution in [-0.4, -0.2) is 63.7 Å². The molecule has 1 aliphatic rings. The van der Waals surface area contributed by atoms with Gasteiger partial charge >= 0.3 is 0 Å². The number of hydrogen-bond donors (Lipinski definition) is 2. The van der Waals surface area contributed by atoms with Crippen molar-refractivity contribution in [2.75, 3.05) is 46.9 Å². The third kappa shape index (κ3) is 7.55. The summed E-state index contributed by atoms with van der Waals surface area (Å²) in [6.07, 6.45) is 5.06. The van der Waals surface area contributed by atoms with Gasteiger partial charge < -0.3 is 20.3 Å². The van der Waals surface area contributed by atoms with Crippen molar-refractivity contribution in [2.45, 2.75) is 46.0 Å². The lowest BCUT2D eigenvalue weighted by Gasteiger charge is -2.29. The van der Waals surface area contributed by atoms with Crippen LogP contribution < -0.4 is 10.6 Å². The SMILES string of the molecule is CCNC(=NCC1(C(=O)N(C)C)CCCC1)NCCCOCC.I. The number of nitrogens with one attached hydrogen (secondary N) is 2. The van der Waals surface area contributed by atoms with Crippen LogP contribution >= 0.6 is 24.0 Å². The minimum Gasteiger partial charge on any atom is -0.382 e. The van der Waals surface area contributed by atoms with Crippen LogP contribution in [0.15, 0.2) is 4.99 Å². The first-order valence-electron chi connectivity index (χ1n) is 8.87. The second kappa shape index (κ2) is 12.7. The summed E-state index contributed by atoms with van der Waals surface area (Å²) in [6.45, 7) is 7.75. The molecule has 6 nitrogen and oxygen atoms in total. The van der Waals surface area contributed by atoms with Crippen molar-refractivity contribution in [1.29, 1.82) is 0 Å². The van der Waals surface area contributed by atoms with Crippen molar-refractivity contribution in [2.24, 2.45) is 10.4 Å². The van der Waals surface area contributed by atoms with Gasteiger partial charge in [-0.25, -0.2) is 0 Å². The van der Waals surface area contributed by atoms with Crippen LogP contribution in [-0.2, 0) is 9.53 Å².